The maximum Gasteiger partial charge on any atom is 0.225 e. The van der Waals surface area contributed by atoms with Crippen LogP contribution in [-0.4, -0.2) is 12.2 Å². The molecular weight excluding hydrogens is 384 g/mol. The summed E-state index contributed by atoms with van der Waals surface area (Å²) in [5.74, 6) is 0.412. The Balaban J connectivity index is 1.85. The van der Waals surface area contributed by atoms with Gasteiger partial charge >= 0.3 is 0 Å². The molecule has 1 N–H and O–H groups in total. The third-order valence-corrected chi connectivity index (χ3v) is 6.25. The van der Waals surface area contributed by atoms with Gasteiger partial charge in [0.05, 0.1) is 16.7 Å². The molecule has 2 aromatic rings. The van der Waals surface area contributed by atoms with Crippen LogP contribution in [0.4, 0.5) is 0 Å². The molecular formula is C20H17ClN2OS2. The van der Waals surface area contributed by atoms with Crippen LogP contribution in [0.5, 0.6) is 0 Å². The quantitative estimate of drug-likeness (QED) is 0.689. The molecule has 3 nitrogen and oxygen atoms in total. The second-order valence-electron chi connectivity index (χ2n) is 5.85. The Morgan fingerprint density at radius 1 is 1.19 bits per heavy atom. The van der Waals surface area contributed by atoms with E-state index in [-0.39, 0.29) is 11.8 Å². The van der Waals surface area contributed by atoms with Gasteiger partial charge < -0.3 is 5.32 Å². The van der Waals surface area contributed by atoms with Crippen molar-refractivity contribution >= 4 is 41.0 Å². The minimum atomic E-state index is -0.197. The number of hydrogen-bond acceptors (Lipinski definition) is 4. The summed E-state index contributed by atoms with van der Waals surface area (Å²) in [6.45, 7) is 0. The molecule has 2 aromatic carbocycles. The average molecular weight is 401 g/mol. The molecule has 132 valence electrons. The van der Waals surface area contributed by atoms with Crippen LogP contribution < -0.4 is 5.32 Å². The van der Waals surface area contributed by atoms with Gasteiger partial charge in [-0.1, -0.05) is 35.9 Å². The van der Waals surface area contributed by atoms with E-state index in [4.69, 9.17) is 11.6 Å². The van der Waals surface area contributed by atoms with Gasteiger partial charge in [-0.25, -0.2) is 0 Å². The van der Waals surface area contributed by atoms with Gasteiger partial charge in [0.15, 0.2) is 0 Å². The van der Waals surface area contributed by atoms with Crippen LogP contribution in [0, 0.1) is 11.3 Å². The second kappa shape index (κ2) is 8.68. The fraction of sp³-hybridized carbons (Fsp3) is 0.200. The number of halogens is 1. The number of nitrogens with one attached hydrogen (secondary N) is 1. The molecule has 26 heavy (non-hydrogen) atoms. The Hall–Kier alpha value is -1.87. The smallest absolute Gasteiger partial charge is 0.225 e. The predicted molar refractivity (Wildman–Crippen MR) is 109 cm³/mol. The number of rotatable bonds is 5. The minimum Gasteiger partial charge on any atom is -0.320 e. The Morgan fingerprint density at radius 3 is 2.50 bits per heavy atom. The molecule has 1 amide bonds. The number of benzene rings is 2. The van der Waals surface area contributed by atoms with Crippen molar-refractivity contribution < 1.29 is 4.79 Å². The van der Waals surface area contributed by atoms with Crippen LogP contribution in [0.3, 0.4) is 0 Å². The van der Waals surface area contributed by atoms with Gasteiger partial charge in [0.1, 0.15) is 0 Å². The van der Waals surface area contributed by atoms with E-state index in [9.17, 15) is 10.1 Å². The van der Waals surface area contributed by atoms with Crippen molar-refractivity contribution in [3.05, 3.63) is 75.3 Å². The fourth-order valence-electron chi connectivity index (χ4n) is 2.79. The molecule has 0 saturated heterocycles. The van der Waals surface area contributed by atoms with Gasteiger partial charge in [0.25, 0.3) is 0 Å². The van der Waals surface area contributed by atoms with E-state index in [0.717, 1.165) is 16.0 Å². The van der Waals surface area contributed by atoms with Crippen LogP contribution >= 0.6 is 35.1 Å². The van der Waals surface area contributed by atoms with E-state index < -0.39 is 0 Å². The van der Waals surface area contributed by atoms with Crippen LogP contribution in [0.25, 0.3) is 0 Å². The molecule has 1 aliphatic heterocycles. The van der Waals surface area contributed by atoms with Gasteiger partial charge in [-0.15, -0.1) is 23.5 Å². The van der Waals surface area contributed by atoms with E-state index in [2.05, 4.69) is 11.4 Å². The second-order valence-corrected chi connectivity index (χ2v) is 8.15. The maximum absolute atomic E-state index is 12.2. The van der Waals surface area contributed by atoms with E-state index >= 15 is 0 Å². The highest BCUT2D eigenvalue weighted by Gasteiger charge is 2.29. The fourth-order valence-corrected chi connectivity index (χ4v) is 4.36. The first-order valence-corrected chi connectivity index (χ1v) is 10.6. The van der Waals surface area contributed by atoms with Gasteiger partial charge in [0, 0.05) is 28.0 Å². The zero-order chi connectivity index (χ0) is 18.5. The lowest BCUT2D eigenvalue weighted by Gasteiger charge is -2.25. The highest BCUT2D eigenvalue weighted by molar-refractivity contribution is 8.02. The maximum atomic E-state index is 12.2. The summed E-state index contributed by atoms with van der Waals surface area (Å²) in [7, 11) is 0. The van der Waals surface area contributed by atoms with E-state index in [1.807, 2.05) is 54.8 Å². The summed E-state index contributed by atoms with van der Waals surface area (Å²) in [6.07, 6.45) is 2.32. The zero-order valence-corrected chi connectivity index (χ0v) is 16.5. The van der Waals surface area contributed by atoms with E-state index in [1.54, 1.807) is 11.8 Å². The molecule has 0 fully saturated rings. The van der Waals surface area contributed by atoms with Gasteiger partial charge in [-0.3, -0.25) is 4.79 Å². The highest BCUT2D eigenvalue weighted by atomic mass is 35.5. The number of allylic oxidation sites excluding steroid dienone is 1. The average Bonchev–Trinajstić information content (AvgIpc) is 2.67. The number of thioether (sulfide) groups is 2. The third-order valence-electron chi connectivity index (χ3n) is 4.17. The molecule has 1 atom stereocenters. The first kappa shape index (κ1) is 18.9. The largest absolute Gasteiger partial charge is 0.320 e. The van der Waals surface area contributed by atoms with Gasteiger partial charge in [-0.05, 0) is 41.6 Å². The summed E-state index contributed by atoms with van der Waals surface area (Å²) in [6, 6.07) is 18.0. The first-order valence-electron chi connectivity index (χ1n) is 8.06. The molecule has 0 radical (unpaired) electrons. The molecule has 0 unspecified atom stereocenters. The van der Waals surface area contributed by atoms with Crippen molar-refractivity contribution in [2.75, 3.05) is 6.26 Å². The Kier molecular flexibility index (Phi) is 6.31. The van der Waals surface area contributed by atoms with E-state index in [0.29, 0.717) is 27.8 Å². The van der Waals surface area contributed by atoms with E-state index in [1.165, 1.54) is 11.8 Å². The molecule has 1 heterocycles. The molecule has 6 heteroatoms. The SMILES string of the molecule is CSc1ccc([C@@H]2CC(=O)NC(SCc3ccc(Cl)cc3)=C2C#N)cc1. The summed E-state index contributed by atoms with van der Waals surface area (Å²) in [5.41, 5.74) is 2.71. The molecule has 0 aromatic heterocycles. The monoisotopic (exact) mass is 400 g/mol. The van der Waals surface area contributed by atoms with Crippen LogP contribution in [0.2, 0.25) is 5.02 Å². The topological polar surface area (TPSA) is 52.9 Å². The number of amides is 1. The van der Waals surface area contributed by atoms with Crippen LogP contribution in [0.1, 0.15) is 23.5 Å². The number of carbonyl (C=O) groups is 1. The lowest BCUT2D eigenvalue weighted by atomic mass is 9.87. The van der Waals surface area contributed by atoms with Crippen LogP contribution in [-0.2, 0) is 10.5 Å². The van der Waals surface area contributed by atoms with Crippen molar-refractivity contribution in [2.45, 2.75) is 23.0 Å². The molecule has 0 aliphatic carbocycles. The normalized spacial score (nSPS) is 17.0. The van der Waals surface area contributed by atoms with Crippen molar-refractivity contribution in [3.8, 4) is 6.07 Å². The molecule has 0 bridgehead atoms. The molecule has 0 saturated carbocycles. The van der Waals surface area contributed by atoms with Gasteiger partial charge in [-0.2, -0.15) is 5.26 Å². The minimum absolute atomic E-state index is 0.0541. The molecule has 1 aliphatic rings. The van der Waals surface area contributed by atoms with Gasteiger partial charge in [0.2, 0.25) is 5.91 Å². The number of nitrogens with zero attached hydrogens (tertiary/aromatic N) is 1. The molecule has 3 rings (SSSR count). The van der Waals surface area contributed by atoms with Crippen molar-refractivity contribution in [3.63, 3.8) is 0 Å². The summed E-state index contributed by atoms with van der Waals surface area (Å²) in [4.78, 5) is 13.4. The number of nitriles is 1. The highest BCUT2D eigenvalue weighted by Crippen LogP contribution is 2.37. The first-order chi connectivity index (χ1) is 12.6. The summed E-state index contributed by atoms with van der Waals surface area (Å²) >= 11 is 9.06. The zero-order valence-electron chi connectivity index (χ0n) is 14.2. The molecule has 0 spiro atoms. The predicted octanol–water partition coefficient (Wildman–Crippen LogP) is 5.33. The standard InChI is InChI=1S/C20H17ClN2OS2/c1-25-16-8-4-14(5-9-16)17-10-19(24)23-20(18(17)11-22)26-12-13-2-6-15(21)7-3-13/h2-9,17H,10,12H2,1H3,(H,23,24)/t17-/m0/s1. The van der Waals surface area contributed by atoms with Crippen molar-refractivity contribution in [1.82, 2.24) is 5.32 Å². The number of hydrogen-bond donors (Lipinski definition) is 1. The Labute approximate surface area is 166 Å². The van der Waals surface area contributed by atoms with Crippen LogP contribution in [0.15, 0.2) is 64.0 Å². The van der Waals surface area contributed by atoms with Crippen molar-refractivity contribution in [1.29, 1.82) is 5.26 Å². The number of carbonyl (C=O) groups excluding carboxylic acids is 1. The Bertz CT molecular complexity index is 870. The summed E-state index contributed by atoms with van der Waals surface area (Å²) in [5, 5.41) is 13.9. The Morgan fingerprint density at radius 2 is 1.88 bits per heavy atom. The third kappa shape index (κ3) is 4.45. The lowest BCUT2D eigenvalue weighted by Crippen LogP contribution is -2.30. The van der Waals surface area contributed by atoms with Crippen molar-refractivity contribution in [2.24, 2.45) is 0 Å². The lowest BCUT2D eigenvalue weighted by molar-refractivity contribution is -0.120. The summed E-state index contributed by atoms with van der Waals surface area (Å²) < 4.78 is 0.